The number of hydrogen-bond donors (Lipinski definition) is 1. The number of hydrogen-bond acceptors (Lipinski definition) is 4. The predicted octanol–water partition coefficient (Wildman–Crippen LogP) is 2.43. The Hall–Kier alpha value is -1.26. The molecule has 1 aromatic carbocycles. The molecule has 2 rings (SSSR count). The van der Waals surface area contributed by atoms with Gasteiger partial charge in [-0.3, -0.25) is 0 Å². The van der Waals surface area contributed by atoms with E-state index in [1.807, 2.05) is 0 Å². The van der Waals surface area contributed by atoms with E-state index in [0.29, 0.717) is 12.1 Å². The van der Waals surface area contributed by atoms with Crippen LogP contribution < -0.4 is 0 Å². The first kappa shape index (κ1) is 11.2. The minimum atomic E-state index is -0.556. The lowest BCUT2D eigenvalue weighted by Crippen LogP contribution is -2.04. The lowest BCUT2D eigenvalue weighted by molar-refractivity contribution is 0.173. The van der Waals surface area contributed by atoms with Crippen molar-refractivity contribution >= 4 is 11.5 Å². The van der Waals surface area contributed by atoms with E-state index in [-0.39, 0.29) is 0 Å². The van der Waals surface area contributed by atoms with Crippen LogP contribution in [-0.2, 0) is 6.42 Å². The third-order valence-electron chi connectivity index (χ3n) is 2.64. The fraction of sp³-hybridized carbons (Fsp3) is 0.333. The van der Waals surface area contributed by atoms with E-state index in [2.05, 4.69) is 41.6 Å². The van der Waals surface area contributed by atoms with Crippen molar-refractivity contribution in [2.24, 2.45) is 0 Å². The van der Waals surface area contributed by atoms with Crippen LogP contribution >= 0.6 is 11.5 Å². The van der Waals surface area contributed by atoms with Gasteiger partial charge in [0.05, 0.1) is 0 Å². The summed E-state index contributed by atoms with van der Waals surface area (Å²) < 4.78 is 3.76. The number of aliphatic hydroxyl groups is 1. The summed E-state index contributed by atoms with van der Waals surface area (Å²) in [5, 5.41) is 15.7. The molecule has 1 atom stereocenters. The maximum absolute atomic E-state index is 9.98. The monoisotopic (exact) mass is 234 g/mol. The van der Waals surface area contributed by atoms with Crippen molar-refractivity contribution in [3.63, 3.8) is 0 Å². The van der Waals surface area contributed by atoms with Gasteiger partial charge in [0, 0.05) is 11.8 Å². The van der Waals surface area contributed by atoms with Crippen LogP contribution in [0.25, 0.3) is 0 Å². The molecule has 16 heavy (non-hydrogen) atoms. The van der Waals surface area contributed by atoms with Crippen molar-refractivity contribution in [1.29, 1.82) is 0 Å². The topological polar surface area (TPSA) is 46.0 Å². The average Bonchev–Trinajstić information content (AvgIpc) is 2.76. The highest BCUT2D eigenvalue weighted by atomic mass is 32.1. The molecule has 4 heteroatoms. The van der Waals surface area contributed by atoms with Crippen LogP contribution in [0, 0.1) is 13.8 Å². The molecule has 0 fully saturated rings. The van der Waals surface area contributed by atoms with E-state index in [4.69, 9.17) is 0 Å². The van der Waals surface area contributed by atoms with Gasteiger partial charge in [-0.2, -0.15) is 0 Å². The third-order valence-corrected chi connectivity index (χ3v) is 3.16. The molecule has 0 aliphatic carbocycles. The Balaban J connectivity index is 2.17. The molecule has 0 radical (unpaired) electrons. The average molecular weight is 234 g/mol. The summed E-state index contributed by atoms with van der Waals surface area (Å²) >= 11 is 1.26. The predicted molar refractivity (Wildman–Crippen MR) is 64.5 cm³/mol. The summed E-state index contributed by atoms with van der Waals surface area (Å²) in [7, 11) is 0. The molecule has 0 bridgehead atoms. The zero-order chi connectivity index (χ0) is 11.5. The molecule has 0 saturated heterocycles. The second-order valence-corrected chi connectivity index (χ2v) is 4.59. The molecule has 1 unspecified atom stereocenters. The van der Waals surface area contributed by atoms with Crippen LogP contribution in [0.4, 0.5) is 0 Å². The molecule has 3 nitrogen and oxygen atoms in total. The van der Waals surface area contributed by atoms with Gasteiger partial charge < -0.3 is 5.11 Å². The summed E-state index contributed by atoms with van der Waals surface area (Å²) in [6.07, 6.45) is 0.0399. The van der Waals surface area contributed by atoms with E-state index in [0.717, 1.165) is 0 Å². The first-order valence-corrected chi connectivity index (χ1v) is 6.01. The van der Waals surface area contributed by atoms with E-state index in [9.17, 15) is 5.11 Å². The Morgan fingerprint density at radius 1 is 1.38 bits per heavy atom. The van der Waals surface area contributed by atoms with Crippen LogP contribution in [0.2, 0.25) is 0 Å². The quantitative estimate of drug-likeness (QED) is 0.887. The zero-order valence-electron chi connectivity index (χ0n) is 9.34. The minimum Gasteiger partial charge on any atom is -0.386 e. The molecule has 2 aromatic rings. The largest absolute Gasteiger partial charge is 0.386 e. The van der Waals surface area contributed by atoms with E-state index >= 15 is 0 Å². The summed E-state index contributed by atoms with van der Waals surface area (Å²) in [6.45, 7) is 4.11. The van der Waals surface area contributed by atoms with Crippen molar-refractivity contribution in [2.75, 3.05) is 0 Å². The van der Waals surface area contributed by atoms with Crippen LogP contribution in [0.15, 0.2) is 23.6 Å². The first-order valence-electron chi connectivity index (χ1n) is 5.18. The molecule has 84 valence electrons. The lowest BCUT2D eigenvalue weighted by atomic mass is 9.99. The maximum Gasteiger partial charge on any atom is 0.104 e. The van der Waals surface area contributed by atoms with Gasteiger partial charge in [0.1, 0.15) is 11.8 Å². The number of aromatic nitrogens is 2. The Bertz CT molecular complexity index is 468. The molecule has 1 N–H and O–H groups in total. The van der Waals surface area contributed by atoms with Crippen molar-refractivity contribution in [3.05, 3.63) is 46.0 Å². The molecule has 0 saturated carbocycles. The highest BCUT2D eigenvalue weighted by molar-refractivity contribution is 7.03. The number of rotatable bonds is 3. The standard InChI is InChI=1S/C12H14N2OS/c1-8-3-4-9(2)10(5-8)6-12(15)11-7-16-14-13-11/h3-5,7,12,15H,6H2,1-2H3. The van der Waals surface area contributed by atoms with E-state index in [1.165, 1.54) is 28.2 Å². The van der Waals surface area contributed by atoms with E-state index < -0.39 is 6.10 Å². The first-order chi connectivity index (χ1) is 7.66. The summed E-state index contributed by atoms with van der Waals surface area (Å²) in [5.74, 6) is 0. The van der Waals surface area contributed by atoms with Gasteiger partial charge >= 0.3 is 0 Å². The maximum atomic E-state index is 9.98. The van der Waals surface area contributed by atoms with Gasteiger partial charge in [0.2, 0.25) is 0 Å². The van der Waals surface area contributed by atoms with Crippen molar-refractivity contribution in [3.8, 4) is 0 Å². The fourth-order valence-corrected chi connectivity index (χ4v) is 2.15. The number of nitrogens with zero attached hydrogens (tertiary/aromatic N) is 2. The molecular formula is C12H14N2OS. The highest BCUT2D eigenvalue weighted by Gasteiger charge is 2.12. The fourth-order valence-electron chi connectivity index (χ4n) is 1.65. The normalized spacial score (nSPS) is 12.7. The summed E-state index contributed by atoms with van der Waals surface area (Å²) in [4.78, 5) is 0. The second kappa shape index (κ2) is 4.72. The van der Waals surface area contributed by atoms with Gasteiger partial charge in [0.15, 0.2) is 0 Å². The molecule has 0 amide bonds. The minimum absolute atomic E-state index is 0.556. The Morgan fingerprint density at radius 2 is 2.19 bits per heavy atom. The van der Waals surface area contributed by atoms with Crippen molar-refractivity contribution in [2.45, 2.75) is 26.4 Å². The third kappa shape index (κ3) is 2.46. The molecule has 0 spiro atoms. The van der Waals surface area contributed by atoms with Gasteiger partial charge in [-0.1, -0.05) is 28.3 Å². The van der Waals surface area contributed by atoms with E-state index in [1.54, 1.807) is 5.38 Å². The van der Waals surface area contributed by atoms with Crippen LogP contribution in [0.3, 0.4) is 0 Å². The van der Waals surface area contributed by atoms with Gasteiger partial charge in [-0.25, -0.2) is 0 Å². The van der Waals surface area contributed by atoms with Crippen LogP contribution in [-0.4, -0.2) is 14.7 Å². The van der Waals surface area contributed by atoms with Gasteiger partial charge in [-0.05, 0) is 36.5 Å². The lowest BCUT2D eigenvalue weighted by Gasteiger charge is -2.10. The van der Waals surface area contributed by atoms with Crippen molar-refractivity contribution in [1.82, 2.24) is 9.59 Å². The zero-order valence-corrected chi connectivity index (χ0v) is 10.2. The molecule has 0 aliphatic heterocycles. The second-order valence-electron chi connectivity index (χ2n) is 3.98. The summed E-state index contributed by atoms with van der Waals surface area (Å²) in [5.41, 5.74) is 4.24. The Labute approximate surface area is 98.9 Å². The van der Waals surface area contributed by atoms with Gasteiger partial charge in [-0.15, -0.1) is 5.10 Å². The Morgan fingerprint density at radius 3 is 2.88 bits per heavy atom. The molecular weight excluding hydrogens is 220 g/mol. The molecule has 1 aromatic heterocycles. The molecule has 1 heterocycles. The van der Waals surface area contributed by atoms with Crippen LogP contribution in [0.5, 0.6) is 0 Å². The van der Waals surface area contributed by atoms with Crippen molar-refractivity contribution < 1.29 is 5.11 Å². The molecule has 0 aliphatic rings. The highest BCUT2D eigenvalue weighted by Crippen LogP contribution is 2.20. The summed E-state index contributed by atoms with van der Waals surface area (Å²) in [6, 6.07) is 6.27. The van der Waals surface area contributed by atoms with Gasteiger partial charge in [0.25, 0.3) is 0 Å². The smallest absolute Gasteiger partial charge is 0.104 e. The number of aryl methyl sites for hydroxylation is 2. The Kier molecular flexibility index (Phi) is 3.31. The number of aliphatic hydroxyl groups excluding tert-OH is 1. The number of benzene rings is 1. The SMILES string of the molecule is Cc1ccc(C)c(CC(O)c2csnn2)c1. The van der Waals surface area contributed by atoms with Crippen LogP contribution in [0.1, 0.15) is 28.5 Å².